The SMILES string of the molecule is CC(=O)c1ccc[n+](C2O[C@H](CO)[C@@H](O)[C@H]2O)c1.[Cl-]. The van der Waals surface area contributed by atoms with Crippen molar-refractivity contribution in [2.24, 2.45) is 0 Å². The summed E-state index contributed by atoms with van der Waals surface area (Å²) in [6.07, 6.45) is -0.743. The highest BCUT2D eigenvalue weighted by Gasteiger charge is 2.47. The highest BCUT2D eigenvalue weighted by atomic mass is 35.5. The number of aromatic nitrogens is 1. The van der Waals surface area contributed by atoms with Gasteiger partial charge in [0.05, 0.1) is 12.2 Å². The van der Waals surface area contributed by atoms with Gasteiger partial charge in [0.15, 0.2) is 24.3 Å². The third kappa shape index (κ3) is 3.10. The Labute approximate surface area is 116 Å². The number of ketones is 1. The second kappa shape index (κ2) is 6.40. The molecule has 19 heavy (non-hydrogen) atoms. The van der Waals surface area contributed by atoms with Crippen molar-refractivity contribution in [3.63, 3.8) is 0 Å². The number of pyridine rings is 1. The maximum atomic E-state index is 11.3. The zero-order valence-corrected chi connectivity index (χ0v) is 11.1. The minimum Gasteiger partial charge on any atom is -1.00 e. The zero-order valence-electron chi connectivity index (χ0n) is 10.3. The van der Waals surface area contributed by atoms with Crippen molar-refractivity contribution in [2.45, 2.75) is 31.5 Å². The van der Waals surface area contributed by atoms with Gasteiger partial charge in [0.25, 0.3) is 6.23 Å². The summed E-state index contributed by atoms with van der Waals surface area (Å²) >= 11 is 0. The molecule has 0 aliphatic carbocycles. The molecule has 0 radical (unpaired) electrons. The van der Waals surface area contributed by atoms with Crippen molar-refractivity contribution in [1.82, 2.24) is 0 Å². The fraction of sp³-hybridized carbons (Fsp3) is 0.500. The average Bonchev–Trinajstić information content (AvgIpc) is 2.66. The van der Waals surface area contributed by atoms with Gasteiger partial charge in [-0.15, -0.1) is 0 Å². The van der Waals surface area contributed by atoms with Crippen LogP contribution < -0.4 is 17.0 Å². The number of rotatable bonds is 3. The van der Waals surface area contributed by atoms with Crippen LogP contribution in [0.3, 0.4) is 0 Å². The molecular weight excluding hydrogens is 274 g/mol. The summed E-state index contributed by atoms with van der Waals surface area (Å²) in [5.41, 5.74) is 0.482. The summed E-state index contributed by atoms with van der Waals surface area (Å²) in [4.78, 5) is 11.3. The van der Waals surface area contributed by atoms with Crippen LogP contribution in [0, 0.1) is 0 Å². The first-order chi connectivity index (χ1) is 8.54. The van der Waals surface area contributed by atoms with E-state index < -0.39 is 24.5 Å². The Morgan fingerprint density at radius 1 is 1.42 bits per heavy atom. The first-order valence-electron chi connectivity index (χ1n) is 5.69. The van der Waals surface area contributed by atoms with E-state index in [0.717, 1.165) is 0 Å². The summed E-state index contributed by atoms with van der Waals surface area (Å²) in [7, 11) is 0. The van der Waals surface area contributed by atoms with Crippen molar-refractivity contribution in [3.05, 3.63) is 30.1 Å². The van der Waals surface area contributed by atoms with Crippen LogP contribution >= 0.6 is 0 Å². The second-order valence-corrected chi connectivity index (χ2v) is 4.32. The standard InChI is InChI=1S/C12H16NO5.ClH/c1-7(15)8-3-2-4-13(5-8)12-11(17)10(16)9(6-14)18-12;/h2-5,9-12,14,16-17H,6H2,1H3;1H/q+1;/p-1/t9-,10-,11-,12?;/m1./s1. The molecule has 4 atom stereocenters. The minimum atomic E-state index is -1.14. The zero-order chi connectivity index (χ0) is 13.3. The number of aliphatic hydroxyl groups excluding tert-OH is 3. The third-order valence-corrected chi connectivity index (χ3v) is 3.04. The molecule has 2 heterocycles. The number of nitrogens with zero attached hydrogens (tertiary/aromatic N) is 1. The van der Waals surface area contributed by atoms with Crippen LogP contribution in [-0.2, 0) is 4.74 Å². The Balaban J connectivity index is 0.00000180. The Hall–Kier alpha value is -1.05. The van der Waals surface area contributed by atoms with Crippen LogP contribution in [0.2, 0.25) is 0 Å². The molecule has 6 nitrogen and oxygen atoms in total. The van der Waals surface area contributed by atoms with Crippen molar-refractivity contribution >= 4 is 5.78 Å². The van der Waals surface area contributed by atoms with Crippen LogP contribution in [0.1, 0.15) is 23.5 Å². The Kier molecular flexibility index (Phi) is 5.39. The minimum absolute atomic E-state index is 0. The van der Waals surface area contributed by atoms with Gasteiger partial charge in [0.2, 0.25) is 0 Å². The van der Waals surface area contributed by atoms with E-state index in [1.54, 1.807) is 24.5 Å². The molecule has 1 aliphatic heterocycles. The van der Waals surface area contributed by atoms with Crippen molar-refractivity contribution in [2.75, 3.05) is 6.61 Å². The summed E-state index contributed by atoms with van der Waals surface area (Å²) in [5, 5.41) is 28.5. The number of halogens is 1. The number of carbonyl (C=O) groups excluding carboxylic acids is 1. The Bertz CT molecular complexity index is 456. The van der Waals surface area contributed by atoms with E-state index >= 15 is 0 Å². The van der Waals surface area contributed by atoms with Crippen LogP contribution in [0.25, 0.3) is 0 Å². The predicted molar refractivity (Wildman–Crippen MR) is 59.7 cm³/mol. The summed E-state index contributed by atoms with van der Waals surface area (Å²) in [6, 6.07) is 3.31. The molecular formula is C12H16ClNO5. The lowest BCUT2D eigenvalue weighted by molar-refractivity contribution is -0.765. The number of ether oxygens (including phenoxy) is 1. The maximum absolute atomic E-state index is 11.3. The predicted octanol–water partition coefficient (Wildman–Crippen LogP) is -4.21. The van der Waals surface area contributed by atoms with Crippen LogP contribution in [-0.4, -0.2) is 46.0 Å². The maximum Gasteiger partial charge on any atom is 0.292 e. The third-order valence-electron chi connectivity index (χ3n) is 3.04. The molecule has 1 fully saturated rings. The lowest BCUT2D eigenvalue weighted by Gasteiger charge is -2.09. The van der Waals surface area contributed by atoms with E-state index in [4.69, 9.17) is 9.84 Å². The number of Topliss-reactive ketones (excluding diaryl/α,β-unsaturated/α-hetero) is 1. The van der Waals surface area contributed by atoms with Crippen LogP contribution in [0.4, 0.5) is 0 Å². The number of aliphatic hydroxyl groups is 3. The molecule has 0 amide bonds. The van der Waals surface area contributed by atoms with Gasteiger partial charge >= 0.3 is 0 Å². The quantitative estimate of drug-likeness (QED) is 0.388. The van der Waals surface area contributed by atoms with Gasteiger partial charge in [-0.1, -0.05) is 0 Å². The Morgan fingerprint density at radius 2 is 2.11 bits per heavy atom. The lowest BCUT2D eigenvalue weighted by atomic mass is 10.1. The molecule has 1 aliphatic rings. The van der Waals surface area contributed by atoms with E-state index in [2.05, 4.69) is 0 Å². The van der Waals surface area contributed by atoms with Gasteiger partial charge in [0, 0.05) is 6.07 Å². The van der Waals surface area contributed by atoms with Crippen molar-refractivity contribution in [3.8, 4) is 0 Å². The van der Waals surface area contributed by atoms with Gasteiger partial charge in [-0.05, 0) is 13.0 Å². The van der Waals surface area contributed by atoms with Crippen molar-refractivity contribution < 1.29 is 41.8 Å². The fourth-order valence-electron chi connectivity index (χ4n) is 1.99. The molecule has 1 aromatic rings. The summed E-state index contributed by atoms with van der Waals surface area (Å²) < 4.78 is 6.87. The number of hydrogen-bond acceptors (Lipinski definition) is 5. The average molecular weight is 290 g/mol. The topological polar surface area (TPSA) is 90.9 Å². The second-order valence-electron chi connectivity index (χ2n) is 4.32. The van der Waals surface area contributed by atoms with Gasteiger partial charge < -0.3 is 32.5 Å². The number of carbonyl (C=O) groups is 1. The highest BCUT2D eigenvalue weighted by Crippen LogP contribution is 2.25. The van der Waals surface area contributed by atoms with Crippen LogP contribution in [0.15, 0.2) is 24.5 Å². The molecule has 0 aromatic carbocycles. The normalized spacial score (nSPS) is 29.9. The molecule has 3 N–H and O–H groups in total. The smallest absolute Gasteiger partial charge is 0.292 e. The highest BCUT2D eigenvalue weighted by molar-refractivity contribution is 5.93. The van der Waals surface area contributed by atoms with Crippen LogP contribution in [0.5, 0.6) is 0 Å². The summed E-state index contributed by atoms with van der Waals surface area (Å²) in [6.45, 7) is 1.07. The molecule has 0 bridgehead atoms. The largest absolute Gasteiger partial charge is 1.00 e. The molecule has 1 aromatic heterocycles. The van der Waals surface area contributed by atoms with Gasteiger partial charge in [-0.25, -0.2) is 0 Å². The molecule has 106 valence electrons. The molecule has 0 spiro atoms. The van der Waals surface area contributed by atoms with Gasteiger partial charge in [-0.3, -0.25) is 4.79 Å². The fourth-order valence-corrected chi connectivity index (χ4v) is 1.99. The van der Waals surface area contributed by atoms with Crippen molar-refractivity contribution in [1.29, 1.82) is 0 Å². The molecule has 0 saturated carbocycles. The van der Waals surface area contributed by atoms with E-state index in [-0.39, 0.29) is 24.8 Å². The molecule has 2 rings (SSSR count). The summed E-state index contributed by atoms with van der Waals surface area (Å²) in [5.74, 6) is -0.101. The first-order valence-corrected chi connectivity index (χ1v) is 5.69. The number of hydrogen-bond donors (Lipinski definition) is 3. The first kappa shape index (κ1) is 16.0. The monoisotopic (exact) mass is 289 g/mol. The van der Waals surface area contributed by atoms with E-state index in [1.165, 1.54) is 11.5 Å². The lowest BCUT2D eigenvalue weighted by Crippen LogP contribution is -3.00. The molecule has 1 unspecified atom stereocenters. The van der Waals surface area contributed by atoms with Gasteiger partial charge in [0.1, 0.15) is 12.2 Å². The Morgan fingerprint density at radius 3 is 2.63 bits per heavy atom. The van der Waals surface area contributed by atoms with E-state index in [0.29, 0.717) is 5.56 Å². The van der Waals surface area contributed by atoms with E-state index in [9.17, 15) is 15.0 Å². The van der Waals surface area contributed by atoms with E-state index in [1.807, 2.05) is 0 Å². The van der Waals surface area contributed by atoms with Gasteiger partial charge in [-0.2, -0.15) is 4.57 Å². The molecule has 1 saturated heterocycles. The molecule has 7 heteroatoms.